The zero-order valence-corrected chi connectivity index (χ0v) is 11.5. The first-order chi connectivity index (χ1) is 9.74. The maximum atomic E-state index is 12.2. The molecule has 4 nitrogen and oxygen atoms in total. The fourth-order valence-corrected chi connectivity index (χ4v) is 2.66. The quantitative estimate of drug-likeness (QED) is 0.868. The average Bonchev–Trinajstić information content (AvgIpc) is 3.18. The largest absolute Gasteiger partial charge is 0.491 e. The minimum atomic E-state index is -0.505. The maximum absolute atomic E-state index is 12.2. The molecule has 2 saturated carbocycles. The van der Waals surface area contributed by atoms with Gasteiger partial charge in [-0.05, 0) is 50.2 Å². The predicted octanol–water partition coefficient (Wildman–Crippen LogP) is 2.57. The summed E-state index contributed by atoms with van der Waals surface area (Å²) in [5.74, 6) is 1.01. The minimum Gasteiger partial charge on any atom is -0.491 e. The van der Waals surface area contributed by atoms with E-state index in [2.05, 4.69) is 5.32 Å². The lowest BCUT2D eigenvalue weighted by Gasteiger charge is -2.16. The number of aliphatic hydroxyl groups is 1. The topological polar surface area (TPSA) is 58.6 Å². The molecule has 2 aliphatic rings. The zero-order chi connectivity index (χ0) is 13.9. The molecule has 2 atom stereocenters. The smallest absolute Gasteiger partial charge is 0.230 e. The summed E-state index contributed by atoms with van der Waals surface area (Å²) < 4.78 is 5.77. The second-order valence-electron chi connectivity index (χ2n) is 5.84. The molecule has 3 rings (SSSR count). The number of para-hydroxylation sites is 2. The third-order valence-corrected chi connectivity index (χ3v) is 4.13. The lowest BCUT2D eigenvalue weighted by Crippen LogP contribution is -2.28. The Morgan fingerprint density at radius 3 is 2.75 bits per heavy atom. The normalized spacial score (nSPS) is 25.4. The van der Waals surface area contributed by atoms with Gasteiger partial charge in [-0.25, -0.2) is 0 Å². The lowest BCUT2D eigenvalue weighted by atomic mass is 10.1. The molecule has 2 aliphatic carbocycles. The first-order valence-electron chi connectivity index (χ1n) is 7.45. The highest BCUT2D eigenvalue weighted by Crippen LogP contribution is 2.32. The Morgan fingerprint density at radius 2 is 2.05 bits per heavy atom. The van der Waals surface area contributed by atoms with Gasteiger partial charge < -0.3 is 15.2 Å². The highest BCUT2D eigenvalue weighted by atomic mass is 16.5. The van der Waals surface area contributed by atoms with Crippen molar-refractivity contribution in [1.82, 2.24) is 0 Å². The van der Waals surface area contributed by atoms with Crippen LogP contribution in [0, 0.1) is 11.8 Å². The molecule has 0 aliphatic heterocycles. The Bertz CT molecular complexity index is 484. The van der Waals surface area contributed by atoms with Crippen molar-refractivity contribution < 1.29 is 14.6 Å². The van der Waals surface area contributed by atoms with Gasteiger partial charge in [-0.15, -0.1) is 0 Å². The van der Waals surface area contributed by atoms with Crippen molar-refractivity contribution >= 4 is 11.6 Å². The van der Waals surface area contributed by atoms with E-state index in [1.165, 1.54) is 12.8 Å². The third-order valence-electron chi connectivity index (χ3n) is 4.13. The lowest BCUT2D eigenvalue weighted by molar-refractivity contribution is -0.122. The van der Waals surface area contributed by atoms with E-state index in [1.54, 1.807) is 0 Å². The Morgan fingerprint density at radius 1 is 1.25 bits per heavy atom. The van der Waals surface area contributed by atoms with Crippen LogP contribution in [0.2, 0.25) is 0 Å². The van der Waals surface area contributed by atoms with E-state index in [1.807, 2.05) is 24.3 Å². The standard InChI is InChI=1S/C16H21NO3/c18-14-6-3-4-12(14)16(19)17-13-5-1-2-7-15(13)20-10-11-8-9-11/h1-2,5,7,11-12,14,18H,3-4,6,8-10H2,(H,17,19). The second-order valence-corrected chi connectivity index (χ2v) is 5.84. The molecule has 20 heavy (non-hydrogen) atoms. The summed E-state index contributed by atoms with van der Waals surface area (Å²) in [7, 11) is 0. The molecule has 0 bridgehead atoms. The number of hydrogen-bond donors (Lipinski definition) is 2. The molecule has 1 amide bonds. The molecule has 4 heteroatoms. The number of hydrogen-bond acceptors (Lipinski definition) is 3. The van der Waals surface area contributed by atoms with Gasteiger partial charge in [-0.2, -0.15) is 0 Å². The number of ether oxygens (including phenoxy) is 1. The molecular weight excluding hydrogens is 254 g/mol. The fourth-order valence-electron chi connectivity index (χ4n) is 2.66. The van der Waals surface area contributed by atoms with E-state index in [9.17, 15) is 9.90 Å². The van der Waals surface area contributed by atoms with Crippen molar-refractivity contribution in [3.05, 3.63) is 24.3 Å². The minimum absolute atomic E-state index is 0.0996. The third kappa shape index (κ3) is 3.12. The van der Waals surface area contributed by atoms with Gasteiger partial charge in [0.25, 0.3) is 0 Å². The van der Waals surface area contributed by atoms with E-state index >= 15 is 0 Å². The number of rotatable bonds is 5. The molecular formula is C16H21NO3. The molecule has 108 valence electrons. The molecule has 0 saturated heterocycles. The van der Waals surface area contributed by atoms with Crippen LogP contribution in [0.25, 0.3) is 0 Å². The van der Waals surface area contributed by atoms with Crippen LogP contribution in [0.15, 0.2) is 24.3 Å². The summed E-state index contributed by atoms with van der Waals surface area (Å²) >= 11 is 0. The van der Waals surface area contributed by atoms with Crippen molar-refractivity contribution in [1.29, 1.82) is 0 Å². The van der Waals surface area contributed by atoms with Crippen LogP contribution in [0.1, 0.15) is 32.1 Å². The van der Waals surface area contributed by atoms with E-state index in [0.717, 1.165) is 31.6 Å². The fraction of sp³-hybridized carbons (Fsp3) is 0.562. The zero-order valence-electron chi connectivity index (χ0n) is 11.5. The van der Waals surface area contributed by atoms with Crippen LogP contribution < -0.4 is 10.1 Å². The van der Waals surface area contributed by atoms with Crippen LogP contribution in [0.3, 0.4) is 0 Å². The number of benzene rings is 1. The SMILES string of the molecule is O=C(Nc1ccccc1OCC1CC1)C1CCCC1O. The van der Waals surface area contributed by atoms with Gasteiger partial charge in [0.2, 0.25) is 5.91 Å². The molecule has 0 spiro atoms. The van der Waals surface area contributed by atoms with E-state index in [-0.39, 0.29) is 11.8 Å². The summed E-state index contributed by atoms with van der Waals surface area (Å²) in [6, 6.07) is 7.51. The average molecular weight is 275 g/mol. The highest BCUT2D eigenvalue weighted by Gasteiger charge is 2.31. The molecule has 1 aromatic carbocycles. The van der Waals surface area contributed by atoms with Crippen LogP contribution >= 0.6 is 0 Å². The molecule has 0 heterocycles. The summed E-state index contributed by atoms with van der Waals surface area (Å²) in [6.07, 6.45) is 4.37. The van der Waals surface area contributed by atoms with E-state index in [4.69, 9.17) is 4.74 Å². The van der Waals surface area contributed by atoms with Gasteiger partial charge in [-0.1, -0.05) is 12.1 Å². The maximum Gasteiger partial charge on any atom is 0.230 e. The summed E-state index contributed by atoms with van der Waals surface area (Å²) in [5, 5.41) is 12.7. The van der Waals surface area contributed by atoms with Gasteiger partial charge in [-0.3, -0.25) is 4.79 Å². The van der Waals surface area contributed by atoms with E-state index in [0.29, 0.717) is 11.6 Å². The molecule has 0 aromatic heterocycles. The van der Waals surface area contributed by atoms with Crippen molar-refractivity contribution in [3.63, 3.8) is 0 Å². The number of amides is 1. The van der Waals surface area contributed by atoms with Crippen LogP contribution in [-0.2, 0) is 4.79 Å². The molecule has 1 aromatic rings. The van der Waals surface area contributed by atoms with Crippen molar-refractivity contribution in [2.45, 2.75) is 38.2 Å². The Balaban J connectivity index is 1.64. The Labute approximate surface area is 119 Å². The van der Waals surface area contributed by atoms with Crippen molar-refractivity contribution in [2.75, 3.05) is 11.9 Å². The molecule has 2 fully saturated rings. The van der Waals surface area contributed by atoms with Gasteiger partial charge in [0, 0.05) is 0 Å². The number of aliphatic hydroxyl groups excluding tert-OH is 1. The molecule has 0 radical (unpaired) electrons. The first kappa shape index (κ1) is 13.4. The van der Waals surface area contributed by atoms with Gasteiger partial charge in [0.1, 0.15) is 5.75 Å². The van der Waals surface area contributed by atoms with Crippen molar-refractivity contribution in [2.24, 2.45) is 11.8 Å². The molecule has 2 N–H and O–H groups in total. The van der Waals surface area contributed by atoms with Crippen LogP contribution in [-0.4, -0.2) is 23.7 Å². The van der Waals surface area contributed by atoms with Gasteiger partial charge in [0.15, 0.2) is 0 Å². The number of anilines is 1. The Kier molecular flexibility index (Phi) is 3.92. The monoisotopic (exact) mass is 275 g/mol. The van der Waals surface area contributed by atoms with Crippen LogP contribution in [0.5, 0.6) is 5.75 Å². The van der Waals surface area contributed by atoms with Crippen LogP contribution in [0.4, 0.5) is 5.69 Å². The first-order valence-corrected chi connectivity index (χ1v) is 7.45. The number of carbonyl (C=O) groups excluding carboxylic acids is 1. The van der Waals surface area contributed by atoms with Crippen molar-refractivity contribution in [3.8, 4) is 5.75 Å². The Hall–Kier alpha value is -1.55. The predicted molar refractivity (Wildman–Crippen MR) is 76.6 cm³/mol. The summed E-state index contributed by atoms with van der Waals surface area (Å²) in [4.78, 5) is 12.2. The second kappa shape index (κ2) is 5.83. The number of carbonyl (C=O) groups is 1. The molecule has 2 unspecified atom stereocenters. The van der Waals surface area contributed by atoms with Gasteiger partial charge >= 0.3 is 0 Å². The summed E-state index contributed by atoms with van der Waals surface area (Å²) in [5.41, 5.74) is 0.706. The van der Waals surface area contributed by atoms with Gasteiger partial charge in [0.05, 0.1) is 24.3 Å². The van der Waals surface area contributed by atoms with E-state index < -0.39 is 6.10 Å². The number of nitrogens with one attached hydrogen (secondary N) is 1. The highest BCUT2D eigenvalue weighted by molar-refractivity contribution is 5.94. The summed E-state index contributed by atoms with van der Waals surface area (Å²) in [6.45, 7) is 0.721.